The van der Waals surface area contributed by atoms with E-state index in [1.54, 1.807) is 24.3 Å². The molecule has 1 aliphatic carbocycles. The molecule has 160 valence electrons. The molecule has 1 N–H and O–H groups in total. The Kier molecular flexibility index (Phi) is 5.90. The molecule has 4 atom stereocenters. The van der Waals surface area contributed by atoms with Crippen LogP contribution in [-0.2, 0) is 19.6 Å². The fraction of sp³-hybridized carbons (Fsp3) is 0.409. The fourth-order valence-corrected chi connectivity index (χ4v) is 5.70. The van der Waals surface area contributed by atoms with Crippen molar-refractivity contribution in [1.29, 1.82) is 0 Å². The van der Waals surface area contributed by atoms with E-state index in [1.807, 2.05) is 38.1 Å². The van der Waals surface area contributed by atoms with Crippen molar-refractivity contribution in [3.63, 3.8) is 0 Å². The number of amides is 1. The summed E-state index contributed by atoms with van der Waals surface area (Å²) in [5, 5.41) is 3.57. The van der Waals surface area contributed by atoms with Gasteiger partial charge in [-0.05, 0) is 68.1 Å². The number of rotatable bonds is 5. The Morgan fingerprint density at radius 2 is 1.63 bits per heavy atom. The zero-order chi connectivity index (χ0) is 21.5. The fourth-order valence-electron chi connectivity index (χ4n) is 3.98. The Balaban J connectivity index is 1.39. The van der Waals surface area contributed by atoms with E-state index >= 15 is 0 Å². The smallest absolute Gasteiger partial charge is 0.243 e. The van der Waals surface area contributed by atoms with Crippen LogP contribution in [0.3, 0.4) is 0 Å². The summed E-state index contributed by atoms with van der Waals surface area (Å²) in [7, 11) is -3.60. The molecule has 2 aromatic carbocycles. The normalized spacial score (nSPS) is 26.9. The van der Waals surface area contributed by atoms with E-state index in [1.165, 1.54) is 4.31 Å². The van der Waals surface area contributed by atoms with Gasteiger partial charge in [0.15, 0.2) is 0 Å². The van der Waals surface area contributed by atoms with Gasteiger partial charge in [-0.3, -0.25) is 4.79 Å². The quantitative estimate of drug-likeness (QED) is 0.753. The van der Waals surface area contributed by atoms with Gasteiger partial charge in [0.05, 0.1) is 17.1 Å². The van der Waals surface area contributed by atoms with E-state index in [0.717, 1.165) is 12.0 Å². The SMILES string of the molecule is CC1CN(S(=O)(=O)c2ccc(NC(=O)C3CC3c3ccc(Cl)cc3)cc2)CC(C)O1. The van der Waals surface area contributed by atoms with Gasteiger partial charge in [-0.15, -0.1) is 0 Å². The van der Waals surface area contributed by atoms with Crippen LogP contribution in [0, 0.1) is 5.92 Å². The summed E-state index contributed by atoms with van der Waals surface area (Å²) >= 11 is 5.92. The summed E-state index contributed by atoms with van der Waals surface area (Å²) in [5.41, 5.74) is 1.69. The molecule has 1 amide bonds. The van der Waals surface area contributed by atoms with Crippen molar-refractivity contribution in [2.24, 2.45) is 5.92 Å². The van der Waals surface area contributed by atoms with E-state index in [9.17, 15) is 13.2 Å². The van der Waals surface area contributed by atoms with Gasteiger partial charge >= 0.3 is 0 Å². The lowest BCUT2D eigenvalue weighted by molar-refractivity contribution is -0.117. The highest BCUT2D eigenvalue weighted by Crippen LogP contribution is 2.48. The van der Waals surface area contributed by atoms with Gasteiger partial charge in [-0.25, -0.2) is 8.42 Å². The average molecular weight is 449 g/mol. The summed E-state index contributed by atoms with van der Waals surface area (Å²) in [5.74, 6) is 0.0690. The third-order valence-corrected chi connectivity index (χ3v) is 7.67. The maximum Gasteiger partial charge on any atom is 0.243 e. The number of carbonyl (C=O) groups is 1. The lowest BCUT2D eigenvalue weighted by Gasteiger charge is -2.34. The molecule has 0 spiro atoms. The Bertz CT molecular complexity index is 1010. The van der Waals surface area contributed by atoms with Crippen molar-refractivity contribution in [2.75, 3.05) is 18.4 Å². The summed E-state index contributed by atoms with van der Waals surface area (Å²) < 4.78 is 32.9. The third-order valence-electron chi connectivity index (χ3n) is 5.57. The topological polar surface area (TPSA) is 75.7 Å². The zero-order valence-electron chi connectivity index (χ0n) is 16.9. The highest BCUT2D eigenvalue weighted by atomic mass is 35.5. The van der Waals surface area contributed by atoms with E-state index < -0.39 is 10.0 Å². The van der Waals surface area contributed by atoms with Crippen LogP contribution < -0.4 is 5.32 Å². The second-order valence-electron chi connectivity index (χ2n) is 8.09. The van der Waals surface area contributed by atoms with Crippen molar-refractivity contribution in [3.8, 4) is 0 Å². The molecule has 4 rings (SSSR count). The summed E-state index contributed by atoms with van der Waals surface area (Å²) in [6.45, 7) is 4.40. The Morgan fingerprint density at radius 3 is 2.23 bits per heavy atom. The maximum atomic E-state index is 12.9. The molecule has 0 aromatic heterocycles. The van der Waals surface area contributed by atoms with Crippen LogP contribution in [0.25, 0.3) is 0 Å². The average Bonchev–Trinajstić information content (AvgIpc) is 3.49. The molecule has 2 fully saturated rings. The largest absolute Gasteiger partial charge is 0.373 e. The number of halogens is 1. The molecule has 2 aromatic rings. The molecule has 8 heteroatoms. The van der Waals surface area contributed by atoms with E-state index in [4.69, 9.17) is 16.3 Å². The number of sulfonamides is 1. The third kappa shape index (κ3) is 4.54. The molecule has 0 radical (unpaired) electrons. The molecule has 30 heavy (non-hydrogen) atoms. The van der Waals surface area contributed by atoms with Gasteiger partial charge in [0.1, 0.15) is 0 Å². The summed E-state index contributed by atoms with van der Waals surface area (Å²) in [6, 6.07) is 13.9. The van der Waals surface area contributed by atoms with Gasteiger partial charge in [-0.2, -0.15) is 4.31 Å². The molecule has 1 saturated heterocycles. The number of nitrogens with one attached hydrogen (secondary N) is 1. The summed E-state index contributed by atoms with van der Waals surface area (Å²) in [6.07, 6.45) is 0.510. The van der Waals surface area contributed by atoms with E-state index in [2.05, 4.69) is 5.32 Å². The van der Waals surface area contributed by atoms with E-state index in [-0.39, 0.29) is 34.8 Å². The van der Waals surface area contributed by atoms with Crippen molar-refractivity contribution in [3.05, 3.63) is 59.1 Å². The first kappa shape index (κ1) is 21.3. The van der Waals surface area contributed by atoms with Gasteiger partial charge in [0.2, 0.25) is 15.9 Å². The summed E-state index contributed by atoms with van der Waals surface area (Å²) in [4.78, 5) is 12.8. The second kappa shape index (κ2) is 8.30. The number of ether oxygens (including phenoxy) is 1. The minimum atomic E-state index is -3.60. The molecule has 1 heterocycles. The zero-order valence-corrected chi connectivity index (χ0v) is 18.5. The minimum Gasteiger partial charge on any atom is -0.373 e. The van der Waals surface area contributed by atoms with Crippen LogP contribution in [0.15, 0.2) is 53.4 Å². The Labute approximate surface area is 182 Å². The monoisotopic (exact) mass is 448 g/mol. The van der Waals surface area contributed by atoms with Crippen LogP contribution in [-0.4, -0.2) is 43.9 Å². The molecule has 4 unspecified atom stereocenters. The Morgan fingerprint density at radius 1 is 1.03 bits per heavy atom. The minimum absolute atomic E-state index is 0.0543. The van der Waals surface area contributed by atoms with Crippen LogP contribution in [0.1, 0.15) is 31.7 Å². The number of nitrogens with zero attached hydrogens (tertiary/aromatic N) is 1. The van der Waals surface area contributed by atoms with Gasteiger partial charge in [0, 0.05) is 29.7 Å². The van der Waals surface area contributed by atoms with Gasteiger partial charge in [0.25, 0.3) is 0 Å². The van der Waals surface area contributed by atoms with Crippen LogP contribution in [0.2, 0.25) is 5.02 Å². The lowest BCUT2D eigenvalue weighted by Crippen LogP contribution is -2.48. The number of benzene rings is 2. The maximum absolute atomic E-state index is 12.9. The lowest BCUT2D eigenvalue weighted by atomic mass is 10.1. The first-order chi connectivity index (χ1) is 14.2. The first-order valence-electron chi connectivity index (χ1n) is 10.1. The van der Waals surface area contributed by atoms with Crippen LogP contribution in [0.4, 0.5) is 5.69 Å². The second-order valence-corrected chi connectivity index (χ2v) is 10.5. The standard InChI is InChI=1S/C22H25ClN2O4S/c1-14-12-25(13-15(2)29-14)30(27,28)19-9-7-18(8-10-19)24-22(26)21-11-20(21)16-3-5-17(23)6-4-16/h3-10,14-15,20-21H,11-13H2,1-2H3,(H,24,26). The van der Waals surface area contributed by atoms with Crippen LogP contribution in [0.5, 0.6) is 0 Å². The van der Waals surface area contributed by atoms with Gasteiger partial charge < -0.3 is 10.1 Å². The van der Waals surface area contributed by atoms with Crippen LogP contribution >= 0.6 is 11.6 Å². The van der Waals surface area contributed by atoms with Crippen molar-refractivity contribution in [2.45, 2.75) is 43.3 Å². The molecular weight excluding hydrogens is 424 g/mol. The number of morpholine rings is 1. The molecule has 1 aliphatic heterocycles. The van der Waals surface area contributed by atoms with Crippen molar-refractivity contribution >= 4 is 33.2 Å². The Hall–Kier alpha value is -1.93. The van der Waals surface area contributed by atoms with Crippen molar-refractivity contribution < 1.29 is 17.9 Å². The predicted molar refractivity (Wildman–Crippen MR) is 116 cm³/mol. The molecular formula is C22H25ClN2O4S. The van der Waals surface area contributed by atoms with Crippen molar-refractivity contribution in [1.82, 2.24) is 4.31 Å². The highest BCUT2D eigenvalue weighted by molar-refractivity contribution is 7.89. The predicted octanol–water partition coefficient (Wildman–Crippen LogP) is 3.88. The first-order valence-corrected chi connectivity index (χ1v) is 11.9. The number of anilines is 1. The number of hydrogen-bond acceptors (Lipinski definition) is 4. The molecule has 1 saturated carbocycles. The highest BCUT2D eigenvalue weighted by Gasteiger charge is 2.43. The molecule has 2 aliphatic rings. The molecule has 6 nitrogen and oxygen atoms in total. The molecule has 0 bridgehead atoms. The number of hydrogen-bond donors (Lipinski definition) is 1. The van der Waals surface area contributed by atoms with E-state index in [0.29, 0.717) is 23.8 Å². The van der Waals surface area contributed by atoms with Gasteiger partial charge in [-0.1, -0.05) is 23.7 Å². The number of carbonyl (C=O) groups excluding carboxylic acids is 1.